The highest BCUT2D eigenvalue weighted by Gasteiger charge is 2.38. The Bertz CT molecular complexity index is 840. The molecular weight excluding hydrogens is 552 g/mol. The van der Waals surface area contributed by atoms with Gasteiger partial charge in [0, 0.05) is 50.4 Å². The van der Waals surface area contributed by atoms with E-state index in [-0.39, 0.29) is 13.6 Å². The average Bonchev–Trinajstić information content (AvgIpc) is 3.03. The van der Waals surface area contributed by atoms with Gasteiger partial charge in [0.05, 0.1) is 0 Å². The highest BCUT2D eigenvalue weighted by molar-refractivity contribution is 5.16. The van der Waals surface area contributed by atoms with Crippen molar-refractivity contribution in [1.29, 1.82) is 0 Å². The maximum absolute atomic E-state index is 6.42. The van der Waals surface area contributed by atoms with Crippen molar-refractivity contribution in [3.05, 3.63) is 71.8 Å². The van der Waals surface area contributed by atoms with Gasteiger partial charge in [-0.15, -0.1) is 0 Å². The van der Waals surface area contributed by atoms with Crippen LogP contribution in [0.25, 0.3) is 0 Å². The van der Waals surface area contributed by atoms with Crippen LogP contribution in [0.15, 0.2) is 60.7 Å². The highest BCUT2D eigenvalue weighted by Crippen LogP contribution is 2.33. The van der Waals surface area contributed by atoms with E-state index >= 15 is 0 Å². The Balaban J connectivity index is 2.13. The lowest BCUT2D eigenvalue weighted by Gasteiger charge is -2.36. The van der Waals surface area contributed by atoms with Gasteiger partial charge in [-0.2, -0.15) is 0 Å². The summed E-state index contributed by atoms with van der Waals surface area (Å²) in [7, 11) is 0. The standard InChI is InChI=1S/C34H54O9/c1-7-13-25-33(38-9-3,39-10-4)42-31(29-21-17-15-18-22-29)36-27-35-28-37-32(30-23-19-16-20-24-30)43-34(40-11-5,41-12-6)26-14-8-2/h15-24,31-32H,7-14,25-28H2,1-6H3. The summed E-state index contributed by atoms with van der Waals surface area (Å²) < 4.78 is 54.9. The molecule has 0 aromatic heterocycles. The summed E-state index contributed by atoms with van der Waals surface area (Å²) in [6.07, 6.45) is 3.23. The predicted molar refractivity (Wildman–Crippen MR) is 165 cm³/mol. The summed E-state index contributed by atoms with van der Waals surface area (Å²) in [6.45, 7) is 13.4. The van der Waals surface area contributed by atoms with Crippen molar-refractivity contribution in [2.24, 2.45) is 0 Å². The van der Waals surface area contributed by atoms with Crippen molar-refractivity contribution in [2.75, 3.05) is 40.0 Å². The van der Waals surface area contributed by atoms with Crippen LogP contribution in [0.2, 0.25) is 0 Å². The highest BCUT2D eigenvalue weighted by atomic mass is 16.9. The summed E-state index contributed by atoms with van der Waals surface area (Å²) in [5.74, 6) is -2.47. The van der Waals surface area contributed by atoms with Crippen molar-refractivity contribution in [3.63, 3.8) is 0 Å². The number of benzene rings is 2. The first kappa shape index (κ1) is 37.3. The molecule has 0 saturated carbocycles. The third kappa shape index (κ3) is 13.3. The van der Waals surface area contributed by atoms with E-state index in [0.717, 1.165) is 36.8 Å². The van der Waals surface area contributed by atoms with Crippen LogP contribution >= 0.6 is 0 Å². The zero-order chi connectivity index (χ0) is 31.2. The summed E-state index contributed by atoms with van der Waals surface area (Å²) in [5.41, 5.74) is 1.62. The van der Waals surface area contributed by atoms with E-state index in [2.05, 4.69) is 13.8 Å². The Morgan fingerprint density at radius 2 is 0.860 bits per heavy atom. The molecule has 0 heterocycles. The van der Waals surface area contributed by atoms with Crippen LogP contribution in [0.4, 0.5) is 0 Å². The molecule has 0 fully saturated rings. The van der Waals surface area contributed by atoms with E-state index in [1.807, 2.05) is 88.4 Å². The molecule has 2 atom stereocenters. The maximum atomic E-state index is 6.42. The molecule has 43 heavy (non-hydrogen) atoms. The van der Waals surface area contributed by atoms with Gasteiger partial charge < -0.3 is 33.2 Å². The second-order valence-corrected chi connectivity index (χ2v) is 9.80. The fraction of sp³-hybridized carbons (Fsp3) is 0.647. The van der Waals surface area contributed by atoms with Gasteiger partial charge in [0.25, 0.3) is 11.9 Å². The number of hydrogen-bond donors (Lipinski definition) is 0. The fourth-order valence-corrected chi connectivity index (χ4v) is 4.49. The molecule has 244 valence electrons. The van der Waals surface area contributed by atoms with Crippen molar-refractivity contribution in [1.82, 2.24) is 0 Å². The topological polar surface area (TPSA) is 83.1 Å². The van der Waals surface area contributed by atoms with E-state index < -0.39 is 24.5 Å². The summed E-state index contributed by atoms with van der Waals surface area (Å²) in [5, 5.41) is 0. The monoisotopic (exact) mass is 606 g/mol. The Morgan fingerprint density at radius 3 is 1.16 bits per heavy atom. The summed E-state index contributed by atoms with van der Waals surface area (Å²) in [6, 6.07) is 19.3. The summed E-state index contributed by atoms with van der Waals surface area (Å²) in [4.78, 5) is 0. The molecule has 0 bridgehead atoms. The Morgan fingerprint density at radius 1 is 0.512 bits per heavy atom. The van der Waals surface area contributed by atoms with E-state index in [9.17, 15) is 0 Å². The third-order valence-electron chi connectivity index (χ3n) is 6.45. The van der Waals surface area contributed by atoms with Crippen LogP contribution in [0, 0.1) is 0 Å². The van der Waals surface area contributed by atoms with Crippen LogP contribution in [-0.2, 0) is 42.6 Å². The lowest BCUT2D eigenvalue weighted by molar-refractivity contribution is -0.433. The van der Waals surface area contributed by atoms with Gasteiger partial charge in [0.15, 0.2) is 26.2 Å². The third-order valence-corrected chi connectivity index (χ3v) is 6.45. The fourth-order valence-electron chi connectivity index (χ4n) is 4.49. The zero-order valence-corrected chi connectivity index (χ0v) is 27.1. The summed E-state index contributed by atoms with van der Waals surface area (Å²) >= 11 is 0. The molecule has 2 aromatic rings. The minimum Gasteiger partial charge on any atom is -0.329 e. The number of rotatable bonds is 26. The average molecular weight is 607 g/mol. The molecule has 0 aliphatic rings. The Hall–Kier alpha value is -1.92. The van der Waals surface area contributed by atoms with Crippen molar-refractivity contribution >= 4 is 0 Å². The molecule has 9 nitrogen and oxygen atoms in total. The van der Waals surface area contributed by atoms with Gasteiger partial charge >= 0.3 is 0 Å². The molecule has 0 amide bonds. The minimum atomic E-state index is -1.23. The second kappa shape index (κ2) is 21.7. The van der Waals surface area contributed by atoms with E-state index in [1.165, 1.54) is 0 Å². The largest absolute Gasteiger partial charge is 0.329 e. The lowest BCUT2D eigenvalue weighted by atomic mass is 10.2. The minimum absolute atomic E-state index is 0.110. The first-order valence-electron chi connectivity index (χ1n) is 15.8. The molecule has 2 unspecified atom stereocenters. The number of hydrogen-bond acceptors (Lipinski definition) is 9. The molecule has 0 aliphatic carbocycles. The van der Waals surface area contributed by atoms with Gasteiger partial charge in [0.2, 0.25) is 0 Å². The van der Waals surface area contributed by atoms with Gasteiger partial charge in [-0.25, -0.2) is 0 Å². The molecule has 2 rings (SSSR count). The van der Waals surface area contributed by atoms with Gasteiger partial charge in [-0.3, -0.25) is 9.47 Å². The molecule has 0 aliphatic heterocycles. The smallest absolute Gasteiger partial charge is 0.285 e. The van der Waals surface area contributed by atoms with Gasteiger partial charge in [-0.1, -0.05) is 87.4 Å². The van der Waals surface area contributed by atoms with Crippen LogP contribution in [0.3, 0.4) is 0 Å². The Labute approximate surface area is 259 Å². The lowest BCUT2D eigenvalue weighted by Crippen LogP contribution is -2.41. The van der Waals surface area contributed by atoms with Gasteiger partial charge in [-0.05, 0) is 40.5 Å². The van der Waals surface area contributed by atoms with Crippen LogP contribution < -0.4 is 0 Å². The van der Waals surface area contributed by atoms with Crippen molar-refractivity contribution < 1.29 is 42.6 Å². The van der Waals surface area contributed by atoms with Crippen molar-refractivity contribution in [3.8, 4) is 0 Å². The van der Waals surface area contributed by atoms with E-state index in [0.29, 0.717) is 39.3 Å². The first-order chi connectivity index (χ1) is 21.0. The van der Waals surface area contributed by atoms with Crippen LogP contribution in [0.1, 0.15) is 104 Å². The molecular formula is C34H54O9. The molecule has 9 heteroatoms. The predicted octanol–water partition coefficient (Wildman–Crippen LogP) is 8.22. The second-order valence-electron chi connectivity index (χ2n) is 9.80. The molecule has 0 spiro atoms. The van der Waals surface area contributed by atoms with Crippen LogP contribution in [-0.4, -0.2) is 52.0 Å². The normalized spacial score (nSPS) is 13.7. The molecule has 2 aromatic carbocycles. The number of ether oxygens (including phenoxy) is 9. The molecule has 0 radical (unpaired) electrons. The number of unbranched alkanes of at least 4 members (excludes halogenated alkanes) is 2. The molecule has 0 N–H and O–H groups in total. The molecule has 0 saturated heterocycles. The zero-order valence-electron chi connectivity index (χ0n) is 27.1. The van der Waals surface area contributed by atoms with Crippen molar-refractivity contribution in [2.45, 2.75) is 105 Å². The van der Waals surface area contributed by atoms with E-state index in [4.69, 9.17) is 42.6 Å². The van der Waals surface area contributed by atoms with Crippen LogP contribution in [0.5, 0.6) is 0 Å². The first-order valence-corrected chi connectivity index (χ1v) is 15.8. The Kier molecular flexibility index (Phi) is 18.8. The van der Waals surface area contributed by atoms with E-state index in [1.54, 1.807) is 0 Å². The quantitative estimate of drug-likeness (QED) is 0.0777. The maximum Gasteiger partial charge on any atom is 0.285 e. The van der Waals surface area contributed by atoms with Gasteiger partial charge in [0.1, 0.15) is 0 Å². The SMILES string of the molecule is CCCCC(OCC)(OCC)OC(OCOCOC(OC(CCCC)(OCC)OCC)c1ccccc1)c1ccccc1.